The van der Waals surface area contributed by atoms with Gasteiger partial charge in [-0.15, -0.1) is 0 Å². The number of rotatable bonds is 12. The summed E-state index contributed by atoms with van der Waals surface area (Å²) in [6, 6.07) is 0. The SMILES string of the molecule is COc1c(OC)c([N+](=O)[O-])[c]([Hg][c]2c([N+](=O)[O-])c(OC)c(OC)c(OC)c2[N+](=O)[O-])c([N+](=O)[O-])c1OC. The molecule has 37 heavy (non-hydrogen) atoms. The molecule has 196 valence electrons. The van der Waals surface area contributed by atoms with Crippen LogP contribution in [-0.4, -0.2) is 62.4 Å². The third kappa shape index (κ3) is 4.91. The van der Waals surface area contributed by atoms with Crippen LogP contribution >= 0.6 is 0 Å². The summed E-state index contributed by atoms with van der Waals surface area (Å²) in [6.45, 7) is 0. The van der Waals surface area contributed by atoms with Crippen molar-refractivity contribution in [2.24, 2.45) is 0 Å². The molecule has 2 aromatic carbocycles. The Labute approximate surface area is 219 Å². The third-order valence-corrected chi connectivity index (χ3v) is 13.1. The molecule has 2 aromatic rings. The molecule has 0 fully saturated rings. The maximum atomic E-state index is 12.1. The Kier molecular flexibility index (Phi) is 9.15. The molecule has 0 bridgehead atoms. The van der Waals surface area contributed by atoms with Gasteiger partial charge in [-0.3, -0.25) is 0 Å². The molecule has 0 amide bonds. The van der Waals surface area contributed by atoms with Crippen LogP contribution in [-0.2, 0) is 24.6 Å². The molecular weight excluding hydrogens is 697 g/mol. The monoisotopic (exact) mass is 716 g/mol. The second kappa shape index (κ2) is 11.7. The predicted molar refractivity (Wildman–Crippen MR) is 118 cm³/mol. The molecule has 0 aliphatic heterocycles. The summed E-state index contributed by atoms with van der Waals surface area (Å²) in [5.41, 5.74) is -3.76. The molecule has 0 heterocycles. The number of nitrogens with zero attached hydrogens (tertiary/aromatic N) is 4. The third-order valence-electron chi connectivity index (χ3n) is 5.14. The van der Waals surface area contributed by atoms with E-state index in [4.69, 9.17) is 28.4 Å². The Balaban J connectivity index is 3.28. The first-order valence-corrected chi connectivity index (χ1v) is 15.2. The van der Waals surface area contributed by atoms with E-state index < -0.39 is 108 Å². The molecule has 0 saturated carbocycles. The molecule has 19 heteroatoms. The molecule has 18 nitrogen and oxygen atoms in total. The van der Waals surface area contributed by atoms with Crippen LogP contribution in [0.5, 0.6) is 34.5 Å². The average Bonchev–Trinajstić information content (AvgIpc) is 2.85. The summed E-state index contributed by atoms with van der Waals surface area (Å²) in [7, 11) is 6.24. The van der Waals surface area contributed by atoms with E-state index >= 15 is 0 Å². The standard InChI is InChI=1S/2C9H9N2O7.Hg/c2*1-16-7-5(10(12)13)4-6(11(14)15)8(17-2)9(7)18-3;/h2*1-3H3;. The fraction of sp³-hybridized carbons (Fsp3) is 0.333. The average molecular weight is 715 g/mol. The van der Waals surface area contributed by atoms with Crippen molar-refractivity contribution in [2.75, 3.05) is 42.7 Å². The molecule has 0 radical (unpaired) electrons. The number of hydrogen-bond acceptors (Lipinski definition) is 14. The Morgan fingerprint density at radius 1 is 0.432 bits per heavy atom. The minimum atomic E-state index is -3.96. The van der Waals surface area contributed by atoms with E-state index in [1.54, 1.807) is 0 Å². The van der Waals surface area contributed by atoms with Crippen LogP contribution < -0.4 is 34.6 Å². The van der Waals surface area contributed by atoms with E-state index in [1.165, 1.54) is 0 Å². The molecule has 0 aliphatic rings. The summed E-state index contributed by atoms with van der Waals surface area (Å²) < 4.78 is 29.3. The van der Waals surface area contributed by atoms with Gasteiger partial charge >= 0.3 is 219 Å². The van der Waals surface area contributed by atoms with Crippen LogP contribution in [0.3, 0.4) is 0 Å². The number of nitro benzene ring substituents is 4. The predicted octanol–water partition coefficient (Wildman–Crippen LogP) is 1.40. The Hall–Kier alpha value is -4.22. The van der Waals surface area contributed by atoms with Crippen molar-refractivity contribution < 1.29 is 72.7 Å². The first-order chi connectivity index (χ1) is 17.5. The van der Waals surface area contributed by atoms with Crippen LogP contribution in [0.2, 0.25) is 0 Å². The molecule has 2 rings (SSSR count). The number of nitro groups is 4. The van der Waals surface area contributed by atoms with Crippen molar-refractivity contribution in [3.63, 3.8) is 0 Å². The van der Waals surface area contributed by atoms with Crippen molar-refractivity contribution >= 4 is 28.9 Å². The van der Waals surface area contributed by atoms with Crippen molar-refractivity contribution in [2.45, 2.75) is 0 Å². The second-order valence-corrected chi connectivity index (χ2v) is 13.6. The van der Waals surface area contributed by atoms with Crippen molar-refractivity contribution in [1.82, 2.24) is 0 Å². The molecule has 0 saturated heterocycles. The van der Waals surface area contributed by atoms with Gasteiger partial charge in [0.15, 0.2) is 0 Å². The van der Waals surface area contributed by atoms with E-state index in [1.807, 2.05) is 0 Å². The zero-order chi connectivity index (χ0) is 28.2. The summed E-state index contributed by atoms with van der Waals surface area (Å²) in [6.07, 6.45) is 0. The number of ether oxygens (including phenoxy) is 6. The van der Waals surface area contributed by atoms with E-state index in [2.05, 4.69) is 0 Å². The Morgan fingerprint density at radius 2 is 0.622 bits per heavy atom. The summed E-state index contributed by atoms with van der Waals surface area (Å²) >= 11 is -3.96. The normalized spacial score (nSPS) is 10.1. The number of methoxy groups -OCH3 is 6. The van der Waals surface area contributed by atoms with Gasteiger partial charge in [0, 0.05) is 0 Å². The van der Waals surface area contributed by atoms with Crippen LogP contribution in [0.15, 0.2) is 0 Å². The van der Waals surface area contributed by atoms with Gasteiger partial charge in [0.05, 0.1) is 0 Å². The topological polar surface area (TPSA) is 228 Å². The first-order valence-electron chi connectivity index (χ1n) is 9.74. The van der Waals surface area contributed by atoms with Crippen molar-refractivity contribution in [3.8, 4) is 34.5 Å². The second-order valence-electron chi connectivity index (χ2n) is 6.76. The number of benzene rings is 2. The van der Waals surface area contributed by atoms with Crippen LogP contribution in [0, 0.1) is 40.5 Å². The zero-order valence-electron chi connectivity index (χ0n) is 20.2. The van der Waals surface area contributed by atoms with Gasteiger partial charge in [0.2, 0.25) is 0 Å². The van der Waals surface area contributed by atoms with Gasteiger partial charge in [0.25, 0.3) is 0 Å². The Morgan fingerprint density at radius 3 is 0.757 bits per heavy atom. The summed E-state index contributed by atoms with van der Waals surface area (Å²) in [4.78, 5) is 44.5. The molecule has 0 N–H and O–H groups in total. The van der Waals surface area contributed by atoms with Gasteiger partial charge in [-0.25, -0.2) is 0 Å². The van der Waals surface area contributed by atoms with Gasteiger partial charge in [0.1, 0.15) is 0 Å². The fourth-order valence-electron chi connectivity index (χ4n) is 3.82. The van der Waals surface area contributed by atoms with E-state index in [0.29, 0.717) is 0 Å². The quantitative estimate of drug-likeness (QED) is 0.172. The van der Waals surface area contributed by atoms with E-state index in [-0.39, 0.29) is 0 Å². The Bertz CT molecular complexity index is 1110. The summed E-state index contributed by atoms with van der Waals surface area (Å²) in [5.74, 6) is -3.22. The molecule has 0 unspecified atom stereocenters. The van der Waals surface area contributed by atoms with Crippen molar-refractivity contribution in [3.05, 3.63) is 40.5 Å². The van der Waals surface area contributed by atoms with Crippen molar-refractivity contribution in [1.29, 1.82) is 0 Å². The van der Waals surface area contributed by atoms with Crippen LogP contribution in [0.1, 0.15) is 0 Å². The zero-order valence-corrected chi connectivity index (χ0v) is 25.7. The molecule has 0 spiro atoms. The van der Waals surface area contributed by atoms with Crippen LogP contribution in [0.4, 0.5) is 22.7 Å². The maximum absolute atomic E-state index is 12.1. The van der Waals surface area contributed by atoms with E-state index in [9.17, 15) is 40.5 Å². The summed E-state index contributed by atoms with van der Waals surface area (Å²) in [5, 5.41) is 48.5. The van der Waals surface area contributed by atoms with Gasteiger partial charge in [-0.1, -0.05) is 0 Å². The molecular formula is C18H18HgN4O14. The van der Waals surface area contributed by atoms with Crippen LogP contribution in [0.25, 0.3) is 0 Å². The van der Waals surface area contributed by atoms with Gasteiger partial charge in [-0.05, 0) is 0 Å². The van der Waals surface area contributed by atoms with E-state index in [0.717, 1.165) is 42.7 Å². The fourth-order valence-corrected chi connectivity index (χ4v) is 12.3. The first kappa shape index (κ1) is 29.0. The van der Waals surface area contributed by atoms with Gasteiger partial charge in [-0.2, -0.15) is 0 Å². The molecule has 0 aromatic heterocycles. The molecule has 0 aliphatic carbocycles. The minimum absolute atomic E-state index is 0.477. The molecule has 0 atom stereocenters. The van der Waals surface area contributed by atoms with Gasteiger partial charge < -0.3 is 0 Å². The number of hydrogen-bond donors (Lipinski definition) is 0.